The van der Waals surface area contributed by atoms with Crippen LogP contribution >= 0.6 is 15.9 Å². The van der Waals surface area contributed by atoms with E-state index in [1.54, 1.807) is 14.2 Å². The molecule has 4 heteroatoms. The summed E-state index contributed by atoms with van der Waals surface area (Å²) in [6.45, 7) is 2.05. The van der Waals surface area contributed by atoms with Crippen molar-refractivity contribution in [2.75, 3.05) is 14.2 Å². The van der Waals surface area contributed by atoms with Gasteiger partial charge in [0.25, 0.3) is 0 Å². The summed E-state index contributed by atoms with van der Waals surface area (Å²) >= 11 is 3.56. The fraction of sp³-hybridized carbons (Fsp3) is 0.250. The molecule has 106 valence electrons. The molecule has 3 nitrogen and oxygen atoms in total. The topological polar surface area (TPSA) is 44.5 Å². The fourth-order valence-electron chi connectivity index (χ4n) is 2.09. The van der Waals surface area contributed by atoms with Crippen LogP contribution in [0.3, 0.4) is 0 Å². The molecule has 2 aromatic carbocycles. The van der Waals surface area contributed by atoms with Gasteiger partial charge in [0.15, 0.2) is 0 Å². The molecule has 0 spiro atoms. The summed E-state index contributed by atoms with van der Waals surface area (Å²) in [6.07, 6.45) is 0. The average molecular weight is 336 g/mol. The molecule has 0 aromatic heterocycles. The Hall–Kier alpha value is -1.52. The molecule has 2 rings (SSSR count). The zero-order valence-corrected chi connectivity index (χ0v) is 13.4. The van der Waals surface area contributed by atoms with Crippen LogP contribution in [0.5, 0.6) is 11.5 Å². The summed E-state index contributed by atoms with van der Waals surface area (Å²) in [7, 11) is 3.26. The lowest BCUT2D eigenvalue weighted by atomic mass is 9.98. The molecule has 0 radical (unpaired) electrons. The summed E-state index contributed by atoms with van der Waals surface area (Å²) in [4.78, 5) is 0. The molecular weight excluding hydrogens is 318 g/mol. The van der Waals surface area contributed by atoms with E-state index < -0.39 is 0 Å². The van der Waals surface area contributed by atoms with Gasteiger partial charge in [0.2, 0.25) is 0 Å². The first-order valence-corrected chi connectivity index (χ1v) is 7.09. The van der Waals surface area contributed by atoms with Gasteiger partial charge < -0.3 is 15.2 Å². The first-order chi connectivity index (χ1) is 9.55. The van der Waals surface area contributed by atoms with Crippen molar-refractivity contribution < 1.29 is 9.47 Å². The van der Waals surface area contributed by atoms with E-state index in [9.17, 15) is 0 Å². The van der Waals surface area contributed by atoms with Gasteiger partial charge in [-0.15, -0.1) is 0 Å². The van der Waals surface area contributed by atoms with E-state index in [4.69, 9.17) is 15.2 Å². The van der Waals surface area contributed by atoms with Crippen molar-refractivity contribution in [2.45, 2.75) is 13.0 Å². The van der Waals surface area contributed by atoms with E-state index in [2.05, 4.69) is 28.9 Å². The second kappa shape index (κ2) is 6.29. The normalized spacial score (nSPS) is 12.1. The van der Waals surface area contributed by atoms with E-state index >= 15 is 0 Å². The first-order valence-electron chi connectivity index (χ1n) is 6.29. The first kappa shape index (κ1) is 14.9. The molecule has 0 fully saturated rings. The Morgan fingerprint density at radius 3 is 2.15 bits per heavy atom. The summed E-state index contributed by atoms with van der Waals surface area (Å²) in [5.74, 6) is 1.47. The highest BCUT2D eigenvalue weighted by molar-refractivity contribution is 9.10. The third kappa shape index (κ3) is 3.14. The van der Waals surface area contributed by atoms with Crippen LogP contribution in [0.1, 0.15) is 22.7 Å². The molecular formula is C16H18BrNO2. The zero-order valence-electron chi connectivity index (χ0n) is 11.8. The quantitative estimate of drug-likeness (QED) is 0.923. The van der Waals surface area contributed by atoms with Gasteiger partial charge in [0, 0.05) is 10.5 Å². The Labute approximate surface area is 127 Å². The summed E-state index contributed by atoms with van der Waals surface area (Å²) in [5, 5.41) is 0. The molecule has 0 aliphatic carbocycles. The number of aryl methyl sites for hydroxylation is 1. The van der Waals surface area contributed by atoms with Gasteiger partial charge in [-0.3, -0.25) is 0 Å². The van der Waals surface area contributed by atoms with E-state index in [-0.39, 0.29) is 6.04 Å². The van der Waals surface area contributed by atoms with E-state index in [1.807, 2.05) is 30.3 Å². The van der Waals surface area contributed by atoms with Crippen LogP contribution in [0, 0.1) is 6.92 Å². The zero-order chi connectivity index (χ0) is 14.7. The lowest BCUT2D eigenvalue weighted by Gasteiger charge is -2.17. The van der Waals surface area contributed by atoms with Crippen molar-refractivity contribution in [3.8, 4) is 11.5 Å². The summed E-state index contributed by atoms with van der Waals surface area (Å²) < 4.78 is 11.6. The predicted molar refractivity (Wildman–Crippen MR) is 84.5 cm³/mol. The van der Waals surface area contributed by atoms with E-state index in [0.717, 1.165) is 27.1 Å². The van der Waals surface area contributed by atoms with Crippen LogP contribution in [0.2, 0.25) is 0 Å². The minimum Gasteiger partial charge on any atom is -0.497 e. The Morgan fingerprint density at radius 1 is 1.00 bits per heavy atom. The van der Waals surface area contributed by atoms with Gasteiger partial charge in [-0.1, -0.05) is 33.6 Å². The summed E-state index contributed by atoms with van der Waals surface area (Å²) in [6, 6.07) is 11.6. The SMILES string of the molecule is COc1cc(OC)cc(C(N)c2cc(C)ccc2Br)c1. The Kier molecular flexibility index (Phi) is 4.68. The van der Waals surface area contributed by atoms with Crippen LogP contribution in [0.4, 0.5) is 0 Å². The van der Waals surface area contributed by atoms with Gasteiger partial charge in [0.05, 0.1) is 20.3 Å². The van der Waals surface area contributed by atoms with Crippen molar-refractivity contribution >= 4 is 15.9 Å². The number of benzene rings is 2. The molecule has 0 bridgehead atoms. The highest BCUT2D eigenvalue weighted by atomic mass is 79.9. The van der Waals surface area contributed by atoms with Gasteiger partial charge in [-0.25, -0.2) is 0 Å². The monoisotopic (exact) mass is 335 g/mol. The third-order valence-corrected chi connectivity index (χ3v) is 3.94. The van der Waals surface area contributed by atoms with Crippen LogP contribution in [-0.4, -0.2) is 14.2 Å². The maximum atomic E-state index is 6.39. The maximum Gasteiger partial charge on any atom is 0.122 e. The van der Waals surface area contributed by atoms with Crippen molar-refractivity contribution in [1.82, 2.24) is 0 Å². The minimum absolute atomic E-state index is 0.242. The van der Waals surface area contributed by atoms with Gasteiger partial charge in [-0.2, -0.15) is 0 Å². The molecule has 0 saturated heterocycles. The largest absolute Gasteiger partial charge is 0.497 e. The number of hydrogen-bond donors (Lipinski definition) is 1. The second-order valence-corrected chi connectivity index (χ2v) is 5.50. The number of hydrogen-bond acceptors (Lipinski definition) is 3. The summed E-state index contributed by atoms with van der Waals surface area (Å²) in [5.41, 5.74) is 9.56. The average Bonchev–Trinajstić information content (AvgIpc) is 2.48. The minimum atomic E-state index is -0.242. The number of nitrogens with two attached hydrogens (primary N) is 1. The van der Waals surface area contributed by atoms with Crippen molar-refractivity contribution in [3.63, 3.8) is 0 Å². The number of rotatable bonds is 4. The highest BCUT2D eigenvalue weighted by Crippen LogP contribution is 2.32. The van der Waals surface area contributed by atoms with Crippen LogP contribution < -0.4 is 15.2 Å². The lowest BCUT2D eigenvalue weighted by molar-refractivity contribution is 0.393. The van der Waals surface area contributed by atoms with Crippen LogP contribution in [0.15, 0.2) is 40.9 Å². The van der Waals surface area contributed by atoms with Gasteiger partial charge >= 0.3 is 0 Å². The Balaban J connectivity index is 2.46. The Bertz CT molecular complexity index is 591. The smallest absolute Gasteiger partial charge is 0.122 e. The number of methoxy groups -OCH3 is 2. The molecule has 2 aromatic rings. The van der Waals surface area contributed by atoms with Crippen LogP contribution in [-0.2, 0) is 0 Å². The van der Waals surface area contributed by atoms with Gasteiger partial charge in [0.1, 0.15) is 11.5 Å². The van der Waals surface area contributed by atoms with Gasteiger partial charge in [-0.05, 0) is 36.2 Å². The molecule has 0 saturated carbocycles. The molecule has 1 atom stereocenters. The van der Waals surface area contributed by atoms with Crippen molar-refractivity contribution in [1.29, 1.82) is 0 Å². The second-order valence-electron chi connectivity index (χ2n) is 4.65. The predicted octanol–water partition coefficient (Wildman–Crippen LogP) is 3.82. The lowest BCUT2D eigenvalue weighted by Crippen LogP contribution is -2.13. The van der Waals surface area contributed by atoms with Crippen molar-refractivity contribution in [2.24, 2.45) is 5.73 Å². The van der Waals surface area contributed by atoms with Crippen LogP contribution in [0.25, 0.3) is 0 Å². The molecule has 2 N–H and O–H groups in total. The molecule has 20 heavy (non-hydrogen) atoms. The Morgan fingerprint density at radius 2 is 1.60 bits per heavy atom. The van der Waals surface area contributed by atoms with Crippen molar-refractivity contribution in [3.05, 3.63) is 57.6 Å². The standard InChI is InChI=1S/C16H18BrNO2/c1-10-4-5-15(17)14(6-10)16(18)11-7-12(19-2)9-13(8-11)20-3/h4-9,16H,18H2,1-3H3. The van der Waals surface area contributed by atoms with E-state index in [0.29, 0.717) is 0 Å². The molecule has 1 unspecified atom stereocenters. The molecule has 0 amide bonds. The highest BCUT2D eigenvalue weighted by Gasteiger charge is 2.14. The molecule has 0 aliphatic heterocycles. The number of halogens is 1. The molecule has 0 heterocycles. The molecule has 0 aliphatic rings. The van der Waals surface area contributed by atoms with E-state index in [1.165, 1.54) is 5.56 Å². The third-order valence-electron chi connectivity index (χ3n) is 3.22. The fourth-order valence-corrected chi connectivity index (χ4v) is 2.58. The number of ether oxygens (including phenoxy) is 2. The maximum absolute atomic E-state index is 6.39.